The van der Waals surface area contributed by atoms with Crippen LogP contribution in [-0.4, -0.2) is 48.6 Å². The third-order valence-corrected chi connectivity index (χ3v) is 5.01. The van der Waals surface area contributed by atoms with Crippen LogP contribution in [0.1, 0.15) is 31.4 Å². The second-order valence-electron chi connectivity index (χ2n) is 7.17. The van der Waals surface area contributed by atoms with Gasteiger partial charge < -0.3 is 14.5 Å². The highest BCUT2D eigenvalue weighted by Gasteiger charge is 2.38. The van der Waals surface area contributed by atoms with Gasteiger partial charge in [0.25, 0.3) is 0 Å². The van der Waals surface area contributed by atoms with Gasteiger partial charge in [0.2, 0.25) is 11.8 Å². The number of carbonyl (C=O) groups is 2. The van der Waals surface area contributed by atoms with E-state index in [1.165, 1.54) is 5.56 Å². The highest BCUT2D eigenvalue weighted by Crippen LogP contribution is 2.28. The molecule has 2 aliphatic heterocycles. The van der Waals surface area contributed by atoms with Crippen molar-refractivity contribution in [2.24, 2.45) is 5.92 Å². The summed E-state index contributed by atoms with van der Waals surface area (Å²) >= 11 is 0. The Morgan fingerprint density at radius 2 is 1.75 bits per heavy atom. The number of nitrogens with zero attached hydrogens (tertiary/aromatic N) is 2. The summed E-state index contributed by atoms with van der Waals surface area (Å²) in [5.74, 6) is -0.140. The zero-order valence-corrected chi connectivity index (χ0v) is 14.9. The van der Waals surface area contributed by atoms with Crippen LogP contribution in [0.15, 0.2) is 18.2 Å². The second kappa shape index (κ2) is 6.55. The summed E-state index contributed by atoms with van der Waals surface area (Å²) in [6.45, 7) is 9.75. The van der Waals surface area contributed by atoms with Crippen LogP contribution >= 0.6 is 0 Å². The van der Waals surface area contributed by atoms with E-state index in [4.69, 9.17) is 4.74 Å². The van der Waals surface area contributed by atoms with Crippen molar-refractivity contribution in [1.29, 1.82) is 0 Å². The van der Waals surface area contributed by atoms with Crippen LogP contribution < -0.4 is 4.90 Å². The van der Waals surface area contributed by atoms with Crippen LogP contribution in [0.4, 0.5) is 5.69 Å². The Hall–Kier alpha value is -1.88. The van der Waals surface area contributed by atoms with E-state index in [9.17, 15) is 9.59 Å². The molecule has 2 saturated heterocycles. The Morgan fingerprint density at radius 1 is 1.08 bits per heavy atom. The number of carbonyl (C=O) groups excluding carboxylic acids is 2. The van der Waals surface area contributed by atoms with Gasteiger partial charge in [-0.15, -0.1) is 0 Å². The summed E-state index contributed by atoms with van der Waals surface area (Å²) in [6, 6.07) is 6.02. The van der Waals surface area contributed by atoms with Crippen LogP contribution in [0.5, 0.6) is 0 Å². The lowest BCUT2D eigenvalue weighted by molar-refractivity contribution is -0.147. The molecule has 3 unspecified atom stereocenters. The summed E-state index contributed by atoms with van der Waals surface area (Å²) in [4.78, 5) is 28.9. The van der Waals surface area contributed by atoms with Gasteiger partial charge in [-0.3, -0.25) is 9.59 Å². The predicted octanol–water partition coefficient (Wildman–Crippen LogP) is 2.29. The predicted molar refractivity (Wildman–Crippen MR) is 93.0 cm³/mol. The van der Waals surface area contributed by atoms with E-state index in [-0.39, 0.29) is 29.9 Å². The molecule has 2 heterocycles. The Kier molecular flexibility index (Phi) is 4.63. The van der Waals surface area contributed by atoms with Gasteiger partial charge in [-0.1, -0.05) is 6.07 Å². The van der Waals surface area contributed by atoms with Crippen molar-refractivity contribution in [1.82, 2.24) is 4.90 Å². The summed E-state index contributed by atoms with van der Waals surface area (Å²) in [6.07, 6.45) is 0.391. The van der Waals surface area contributed by atoms with Crippen LogP contribution in [0.2, 0.25) is 0 Å². The number of ether oxygens (including phenoxy) is 1. The molecule has 0 aromatic heterocycles. The van der Waals surface area contributed by atoms with Crippen LogP contribution in [0.3, 0.4) is 0 Å². The van der Waals surface area contributed by atoms with Gasteiger partial charge in [-0.2, -0.15) is 0 Å². The van der Waals surface area contributed by atoms with Crippen molar-refractivity contribution in [2.45, 2.75) is 46.3 Å². The minimum atomic E-state index is -0.253. The first-order chi connectivity index (χ1) is 11.3. The summed E-state index contributed by atoms with van der Waals surface area (Å²) in [7, 11) is 0. The first-order valence-corrected chi connectivity index (χ1v) is 8.67. The maximum Gasteiger partial charge on any atom is 0.228 e. The van der Waals surface area contributed by atoms with Gasteiger partial charge in [0.1, 0.15) is 0 Å². The molecule has 0 radical (unpaired) electrons. The number of anilines is 1. The minimum absolute atomic E-state index is 0.0333. The van der Waals surface area contributed by atoms with Crippen molar-refractivity contribution in [3.05, 3.63) is 29.3 Å². The Bertz CT molecular complexity index is 648. The van der Waals surface area contributed by atoms with E-state index in [0.717, 1.165) is 11.3 Å². The molecule has 2 amide bonds. The first-order valence-electron chi connectivity index (χ1n) is 8.67. The molecule has 1 aromatic carbocycles. The monoisotopic (exact) mass is 330 g/mol. The van der Waals surface area contributed by atoms with E-state index < -0.39 is 0 Å². The molecule has 24 heavy (non-hydrogen) atoms. The molecule has 5 nitrogen and oxygen atoms in total. The van der Waals surface area contributed by atoms with Gasteiger partial charge in [0, 0.05) is 31.7 Å². The number of aryl methyl sites for hydroxylation is 2. The molecular formula is C19H26N2O3. The molecule has 1 aromatic rings. The van der Waals surface area contributed by atoms with Crippen molar-refractivity contribution in [2.75, 3.05) is 24.5 Å². The quantitative estimate of drug-likeness (QED) is 0.836. The zero-order valence-electron chi connectivity index (χ0n) is 14.9. The lowest BCUT2D eigenvalue weighted by Gasteiger charge is -2.36. The number of amides is 2. The number of hydrogen-bond acceptors (Lipinski definition) is 3. The normalized spacial score (nSPS) is 27.7. The molecule has 0 saturated carbocycles. The lowest BCUT2D eigenvalue weighted by atomic mass is 10.1. The van der Waals surface area contributed by atoms with Crippen molar-refractivity contribution in [3.63, 3.8) is 0 Å². The molecule has 2 fully saturated rings. The zero-order chi connectivity index (χ0) is 17.4. The average Bonchev–Trinajstić information content (AvgIpc) is 2.90. The van der Waals surface area contributed by atoms with Crippen LogP contribution in [-0.2, 0) is 14.3 Å². The lowest BCUT2D eigenvalue weighted by Crippen LogP contribution is -2.50. The SMILES string of the molecule is Cc1ccc(N2CC(C(=O)N3CC(C)OC(C)C3)CC2=O)cc1C. The van der Waals surface area contributed by atoms with Gasteiger partial charge in [0.05, 0.1) is 18.1 Å². The fourth-order valence-corrected chi connectivity index (χ4v) is 3.63. The molecule has 2 aliphatic rings. The number of benzene rings is 1. The number of morpholine rings is 1. The molecule has 5 heteroatoms. The molecule has 130 valence electrons. The third kappa shape index (κ3) is 3.31. The second-order valence-corrected chi connectivity index (χ2v) is 7.17. The highest BCUT2D eigenvalue weighted by atomic mass is 16.5. The van der Waals surface area contributed by atoms with Gasteiger partial charge in [0.15, 0.2) is 0 Å². The Balaban J connectivity index is 1.72. The minimum Gasteiger partial charge on any atom is -0.372 e. The highest BCUT2D eigenvalue weighted by molar-refractivity contribution is 6.00. The first kappa shape index (κ1) is 17.0. The molecule has 0 spiro atoms. The number of hydrogen-bond donors (Lipinski definition) is 0. The summed E-state index contributed by atoms with van der Waals surface area (Å²) < 4.78 is 5.69. The largest absolute Gasteiger partial charge is 0.372 e. The van der Waals surface area contributed by atoms with Crippen molar-refractivity contribution in [3.8, 4) is 0 Å². The Morgan fingerprint density at radius 3 is 2.38 bits per heavy atom. The van der Waals surface area contributed by atoms with E-state index in [0.29, 0.717) is 26.1 Å². The molecule has 0 bridgehead atoms. The Labute approximate surface area is 143 Å². The number of rotatable bonds is 2. The maximum absolute atomic E-state index is 12.8. The fraction of sp³-hybridized carbons (Fsp3) is 0.579. The van der Waals surface area contributed by atoms with Gasteiger partial charge in [-0.25, -0.2) is 0 Å². The summed E-state index contributed by atoms with van der Waals surface area (Å²) in [5, 5.41) is 0. The molecule has 3 atom stereocenters. The molecular weight excluding hydrogens is 304 g/mol. The average molecular weight is 330 g/mol. The van der Waals surface area contributed by atoms with E-state index in [1.54, 1.807) is 4.90 Å². The van der Waals surface area contributed by atoms with Crippen molar-refractivity contribution >= 4 is 17.5 Å². The van der Waals surface area contributed by atoms with E-state index >= 15 is 0 Å². The smallest absolute Gasteiger partial charge is 0.228 e. The topological polar surface area (TPSA) is 49.9 Å². The van der Waals surface area contributed by atoms with E-state index in [1.807, 2.05) is 43.9 Å². The standard InChI is InChI=1S/C19H26N2O3/c1-12-5-6-17(7-13(12)2)21-11-16(8-18(21)22)19(23)20-9-14(3)24-15(4)10-20/h5-7,14-16H,8-11H2,1-4H3. The van der Waals surface area contributed by atoms with Crippen LogP contribution in [0, 0.1) is 19.8 Å². The summed E-state index contributed by atoms with van der Waals surface area (Å²) in [5.41, 5.74) is 3.25. The van der Waals surface area contributed by atoms with E-state index in [2.05, 4.69) is 6.92 Å². The van der Waals surface area contributed by atoms with Crippen LogP contribution in [0.25, 0.3) is 0 Å². The third-order valence-electron chi connectivity index (χ3n) is 5.01. The van der Waals surface area contributed by atoms with Gasteiger partial charge >= 0.3 is 0 Å². The molecule has 0 N–H and O–H groups in total. The molecule has 0 aliphatic carbocycles. The fourth-order valence-electron chi connectivity index (χ4n) is 3.63. The maximum atomic E-state index is 12.8. The van der Waals surface area contributed by atoms with Crippen molar-refractivity contribution < 1.29 is 14.3 Å². The van der Waals surface area contributed by atoms with Gasteiger partial charge in [-0.05, 0) is 51.0 Å². The molecule has 3 rings (SSSR count).